The Hall–Kier alpha value is -1.70. The van der Waals surface area contributed by atoms with Crippen LogP contribution < -0.4 is 0 Å². The van der Waals surface area contributed by atoms with Crippen LogP contribution in [0, 0.1) is 10.8 Å². The van der Waals surface area contributed by atoms with E-state index in [9.17, 15) is 9.59 Å². The summed E-state index contributed by atoms with van der Waals surface area (Å²) in [5.41, 5.74) is 1.24. The van der Waals surface area contributed by atoms with Crippen LogP contribution in [-0.4, -0.2) is 74.0 Å². The first kappa shape index (κ1) is 27.9. The molecule has 0 aromatic carbocycles. The first-order valence-electron chi connectivity index (χ1n) is 12.8. The fourth-order valence-corrected chi connectivity index (χ4v) is 5.90. The number of ether oxygens (including phenoxy) is 2. The Morgan fingerprint density at radius 1 is 0.886 bits per heavy atom. The zero-order valence-electron chi connectivity index (χ0n) is 21.5. The minimum absolute atomic E-state index is 0.246. The fraction of sp³-hybridized carbons (Fsp3) is 0.643. The van der Waals surface area contributed by atoms with Crippen LogP contribution in [0.3, 0.4) is 0 Å². The number of hydrogen-bond donors (Lipinski definition) is 0. The highest BCUT2D eigenvalue weighted by Gasteiger charge is 2.41. The van der Waals surface area contributed by atoms with E-state index in [1.165, 1.54) is 0 Å². The smallest absolute Gasteiger partial charge is 0.185 e. The molecule has 2 aliphatic heterocycles. The molecule has 2 atom stereocenters. The quantitative estimate of drug-likeness (QED) is 0.434. The molecule has 0 spiro atoms. The monoisotopic (exact) mass is 548 g/mol. The summed E-state index contributed by atoms with van der Waals surface area (Å²) in [5, 5.41) is 0. The van der Waals surface area contributed by atoms with E-state index in [1.807, 2.05) is 12.2 Å². The van der Waals surface area contributed by atoms with Gasteiger partial charge < -0.3 is 19.3 Å². The molecule has 7 heteroatoms. The maximum atomic E-state index is 12.7. The normalized spacial score (nSPS) is 29.9. The molecular formula is C28H41BrN2O4. The number of morpholine rings is 2. The maximum Gasteiger partial charge on any atom is 0.185 e. The Balaban J connectivity index is 0.000000196. The molecular weight excluding hydrogens is 508 g/mol. The standard InChI is InChI=1S/C14H20BrNO2.C14H21NO2/c1-3-5-14(2)6-4-11(15)12(13(14)17)16-7-9-18-10-8-16;1-3-6-14(2)7-4-5-12(13(14)16)15-8-10-17-11-9-15/h3H,1,4-10H2,2H3;3,5H,1,4,6-11H2,2H3/t2*14-/m11/s1. The third-order valence-corrected chi connectivity index (χ3v) is 8.37. The molecule has 0 radical (unpaired) electrons. The fourth-order valence-electron chi connectivity index (χ4n) is 5.28. The summed E-state index contributed by atoms with van der Waals surface area (Å²) in [6.45, 7) is 17.8. The molecule has 4 rings (SSSR count). The number of rotatable bonds is 6. The van der Waals surface area contributed by atoms with Crippen LogP contribution >= 0.6 is 15.9 Å². The van der Waals surface area contributed by atoms with Gasteiger partial charge in [-0.3, -0.25) is 9.59 Å². The van der Waals surface area contributed by atoms with Crippen LogP contribution in [0.25, 0.3) is 0 Å². The molecule has 194 valence electrons. The van der Waals surface area contributed by atoms with Gasteiger partial charge in [-0.25, -0.2) is 0 Å². The van der Waals surface area contributed by atoms with Crippen molar-refractivity contribution in [2.45, 2.75) is 52.4 Å². The lowest BCUT2D eigenvalue weighted by molar-refractivity contribution is -0.128. The zero-order chi connectivity index (χ0) is 25.5. The van der Waals surface area contributed by atoms with Crippen molar-refractivity contribution in [2.75, 3.05) is 52.6 Å². The van der Waals surface area contributed by atoms with E-state index in [2.05, 4.69) is 58.8 Å². The van der Waals surface area contributed by atoms with Crippen LogP contribution in [0.15, 0.2) is 47.3 Å². The number of carbonyl (C=O) groups is 2. The molecule has 35 heavy (non-hydrogen) atoms. The van der Waals surface area contributed by atoms with Gasteiger partial charge >= 0.3 is 0 Å². The number of allylic oxidation sites excluding steroid dienone is 6. The van der Waals surface area contributed by atoms with E-state index in [4.69, 9.17) is 9.47 Å². The lowest BCUT2D eigenvalue weighted by atomic mass is 9.73. The van der Waals surface area contributed by atoms with Gasteiger partial charge in [0, 0.05) is 41.5 Å². The van der Waals surface area contributed by atoms with Crippen molar-refractivity contribution in [3.63, 3.8) is 0 Å². The highest BCUT2D eigenvalue weighted by molar-refractivity contribution is 9.11. The Bertz CT molecular complexity index is 870. The topological polar surface area (TPSA) is 59.1 Å². The third kappa shape index (κ3) is 6.55. The SMILES string of the molecule is C=CC[C@]1(C)CCC(Br)=C(N2CCOCC2)C1=O.C=CC[C@]1(C)CCC=C(N2CCOCC2)C1=O. The molecule has 4 aliphatic rings. The van der Waals surface area contributed by atoms with E-state index < -0.39 is 0 Å². The summed E-state index contributed by atoms with van der Waals surface area (Å²) in [6, 6.07) is 0. The lowest BCUT2D eigenvalue weighted by Crippen LogP contribution is -2.44. The lowest BCUT2D eigenvalue weighted by Gasteiger charge is -2.39. The summed E-state index contributed by atoms with van der Waals surface area (Å²) in [5.74, 6) is 0.535. The molecule has 0 saturated carbocycles. The second kappa shape index (κ2) is 12.5. The number of hydrogen-bond acceptors (Lipinski definition) is 6. The van der Waals surface area contributed by atoms with Crippen molar-refractivity contribution in [1.29, 1.82) is 0 Å². The number of carbonyl (C=O) groups excluding carboxylic acids is 2. The van der Waals surface area contributed by atoms with Gasteiger partial charge in [0.1, 0.15) is 0 Å². The van der Waals surface area contributed by atoms with Crippen LogP contribution in [0.5, 0.6) is 0 Å². The first-order valence-corrected chi connectivity index (χ1v) is 13.6. The summed E-state index contributed by atoms with van der Waals surface area (Å²) in [7, 11) is 0. The van der Waals surface area contributed by atoms with Gasteiger partial charge in [0.2, 0.25) is 0 Å². The van der Waals surface area contributed by atoms with Crippen LogP contribution in [-0.2, 0) is 19.1 Å². The van der Waals surface area contributed by atoms with Gasteiger partial charge in [-0.1, -0.05) is 48.0 Å². The van der Waals surface area contributed by atoms with Crippen molar-refractivity contribution in [3.8, 4) is 0 Å². The Morgan fingerprint density at radius 3 is 1.94 bits per heavy atom. The molecule has 2 heterocycles. The average Bonchev–Trinajstić information content (AvgIpc) is 2.86. The Labute approximate surface area is 219 Å². The van der Waals surface area contributed by atoms with E-state index in [-0.39, 0.29) is 22.4 Å². The Morgan fingerprint density at radius 2 is 1.40 bits per heavy atom. The minimum Gasteiger partial charge on any atom is -0.378 e. The molecule has 0 amide bonds. The molecule has 0 unspecified atom stereocenters. The molecule has 2 fully saturated rings. The van der Waals surface area contributed by atoms with Gasteiger partial charge in [0.05, 0.1) is 37.8 Å². The highest BCUT2D eigenvalue weighted by Crippen LogP contribution is 2.42. The van der Waals surface area contributed by atoms with Crippen LogP contribution in [0.1, 0.15) is 52.4 Å². The minimum atomic E-state index is -0.285. The predicted molar refractivity (Wildman–Crippen MR) is 143 cm³/mol. The van der Waals surface area contributed by atoms with Gasteiger partial charge in [0.15, 0.2) is 11.6 Å². The third-order valence-electron chi connectivity index (χ3n) is 7.60. The number of nitrogens with zero attached hydrogens (tertiary/aromatic N) is 2. The highest BCUT2D eigenvalue weighted by atomic mass is 79.9. The second-order valence-corrected chi connectivity index (χ2v) is 11.3. The van der Waals surface area contributed by atoms with Crippen molar-refractivity contribution < 1.29 is 19.1 Å². The molecule has 0 bridgehead atoms. The summed E-state index contributed by atoms with van der Waals surface area (Å²) < 4.78 is 11.7. The average molecular weight is 550 g/mol. The first-order chi connectivity index (χ1) is 16.8. The molecule has 0 aromatic rings. The van der Waals surface area contributed by atoms with Crippen LogP contribution in [0.2, 0.25) is 0 Å². The molecule has 0 aromatic heterocycles. The van der Waals surface area contributed by atoms with Crippen molar-refractivity contribution in [3.05, 3.63) is 47.3 Å². The van der Waals surface area contributed by atoms with Crippen molar-refractivity contribution >= 4 is 27.5 Å². The van der Waals surface area contributed by atoms with E-state index in [0.29, 0.717) is 13.2 Å². The zero-order valence-corrected chi connectivity index (χ0v) is 23.0. The van der Waals surface area contributed by atoms with Gasteiger partial charge in [-0.05, 0) is 38.5 Å². The van der Waals surface area contributed by atoms with Gasteiger partial charge in [-0.2, -0.15) is 0 Å². The maximum absolute atomic E-state index is 12.7. The van der Waals surface area contributed by atoms with Gasteiger partial charge in [0.25, 0.3) is 0 Å². The Kier molecular flexibility index (Phi) is 9.96. The summed E-state index contributed by atoms with van der Waals surface area (Å²) >= 11 is 3.58. The van der Waals surface area contributed by atoms with Crippen LogP contribution in [0.4, 0.5) is 0 Å². The van der Waals surface area contributed by atoms with E-state index in [0.717, 1.165) is 93.8 Å². The second-order valence-electron chi connectivity index (χ2n) is 10.3. The predicted octanol–water partition coefficient (Wildman–Crippen LogP) is 5.02. The van der Waals surface area contributed by atoms with Crippen molar-refractivity contribution in [1.82, 2.24) is 9.80 Å². The number of ketones is 2. The summed E-state index contributed by atoms with van der Waals surface area (Å²) in [4.78, 5) is 29.6. The van der Waals surface area contributed by atoms with E-state index in [1.54, 1.807) is 0 Å². The summed E-state index contributed by atoms with van der Waals surface area (Å²) in [6.07, 6.45) is 11.1. The largest absolute Gasteiger partial charge is 0.378 e. The van der Waals surface area contributed by atoms with Gasteiger partial charge in [-0.15, -0.1) is 13.2 Å². The van der Waals surface area contributed by atoms with Crippen molar-refractivity contribution in [2.24, 2.45) is 10.8 Å². The molecule has 2 aliphatic carbocycles. The molecule has 2 saturated heterocycles. The number of halogens is 1. The molecule has 0 N–H and O–H groups in total. The van der Waals surface area contributed by atoms with E-state index >= 15 is 0 Å². The molecule has 6 nitrogen and oxygen atoms in total. The number of Topliss-reactive ketones (excluding diaryl/α,β-unsaturated/α-hetero) is 2.